The number of fused-ring (bicyclic) bond motifs is 1. The van der Waals surface area contributed by atoms with Crippen LogP contribution in [-0.2, 0) is 17.4 Å². The first-order valence-corrected chi connectivity index (χ1v) is 5.64. The quantitative estimate of drug-likeness (QED) is 0.853. The number of amides is 3. The van der Waals surface area contributed by atoms with Crippen LogP contribution in [0.2, 0.25) is 0 Å². The number of hydrogen-bond acceptors (Lipinski definition) is 2. The molecule has 2 rings (SSSR count). The predicted octanol–water partition coefficient (Wildman–Crippen LogP) is 2.32. The van der Waals surface area contributed by atoms with E-state index in [1.54, 1.807) is 6.92 Å². The number of urea groups is 1. The van der Waals surface area contributed by atoms with E-state index in [0.29, 0.717) is 5.69 Å². The highest BCUT2D eigenvalue weighted by Crippen LogP contribution is 2.33. The van der Waals surface area contributed by atoms with Crippen LogP contribution in [0.5, 0.6) is 0 Å². The average molecular weight is 272 g/mol. The highest BCUT2D eigenvalue weighted by molar-refractivity contribution is 6.06. The van der Waals surface area contributed by atoms with Crippen LogP contribution in [0, 0.1) is 0 Å². The Morgan fingerprint density at radius 2 is 2.00 bits per heavy atom. The fourth-order valence-electron chi connectivity index (χ4n) is 1.99. The number of hydrogen-bond donors (Lipinski definition) is 1. The number of anilines is 1. The van der Waals surface area contributed by atoms with E-state index in [2.05, 4.69) is 5.32 Å². The number of nitrogens with one attached hydrogen (secondary N) is 1. The maximum atomic E-state index is 12.6. The number of halogens is 3. The molecule has 7 heteroatoms. The van der Waals surface area contributed by atoms with Crippen molar-refractivity contribution in [2.75, 3.05) is 11.4 Å². The van der Waals surface area contributed by atoms with Crippen molar-refractivity contribution in [1.29, 1.82) is 0 Å². The van der Waals surface area contributed by atoms with Crippen LogP contribution in [0.4, 0.5) is 23.7 Å². The highest BCUT2D eigenvalue weighted by atomic mass is 19.4. The molecule has 0 saturated carbocycles. The molecular weight excluding hydrogens is 261 g/mol. The average Bonchev–Trinajstić information content (AvgIpc) is 2.41. The van der Waals surface area contributed by atoms with E-state index in [9.17, 15) is 22.8 Å². The van der Waals surface area contributed by atoms with Crippen LogP contribution in [0.3, 0.4) is 0 Å². The lowest BCUT2D eigenvalue weighted by Gasteiger charge is -2.21. The van der Waals surface area contributed by atoms with Gasteiger partial charge in [0, 0.05) is 12.2 Å². The summed E-state index contributed by atoms with van der Waals surface area (Å²) in [6.07, 6.45) is -4.72. The van der Waals surface area contributed by atoms with E-state index in [1.807, 2.05) is 0 Å². The van der Waals surface area contributed by atoms with Crippen LogP contribution in [0.1, 0.15) is 18.1 Å². The Labute approximate surface area is 107 Å². The number of alkyl halides is 3. The Kier molecular flexibility index (Phi) is 3.21. The second kappa shape index (κ2) is 4.56. The largest absolute Gasteiger partial charge is 0.416 e. The number of imide groups is 1. The SMILES string of the molecule is CCN1C(=O)NC(=O)Cc2cc(C(F)(F)F)ccc21. The summed E-state index contributed by atoms with van der Waals surface area (Å²) in [4.78, 5) is 24.3. The molecule has 0 fully saturated rings. The Morgan fingerprint density at radius 3 is 2.58 bits per heavy atom. The summed E-state index contributed by atoms with van der Waals surface area (Å²) in [5.41, 5.74) is -0.302. The van der Waals surface area contributed by atoms with Crippen LogP contribution in [0.25, 0.3) is 0 Å². The van der Waals surface area contributed by atoms with Crippen molar-refractivity contribution in [3.05, 3.63) is 29.3 Å². The molecule has 0 bridgehead atoms. The summed E-state index contributed by atoms with van der Waals surface area (Å²) in [6.45, 7) is 1.94. The minimum atomic E-state index is -4.47. The van der Waals surface area contributed by atoms with Crippen LogP contribution >= 0.6 is 0 Å². The first-order valence-electron chi connectivity index (χ1n) is 5.64. The molecule has 102 valence electrons. The predicted molar refractivity (Wildman–Crippen MR) is 61.7 cm³/mol. The maximum Gasteiger partial charge on any atom is 0.416 e. The van der Waals surface area contributed by atoms with Gasteiger partial charge in [-0.1, -0.05) is 0 Å². The van der Waals surface area contributed by atoms with Crippen molar-refractivity contribution in [2.45, 2.75) is 19.5 Å². The lowest BCUT2D eigenvalue weighted by Crippen LogP contribution is -2.41. The molecule has 1 heterocycles. The molecular formula is C12H11F3N2O2. The van der Waals surface area contributed by atoms with Gasteiger partial charge in [-0.2, -0.15) is 13.2 Å². The van der Waals surface area contributed by atoms with E-state index >= 15 is 0 Å². The summed E-state index contributed by atoms with van der Waals surface area (Å²) in [5, 5.41) is 2.11. The maximum absolute atomic E-state index is 12.6. The van der Waals surface area contributed by atoms with E-state index in [0.717, 1.165) is 12.1 Å². The van der Waals surface area contributed by atoms with Crippen LogP contribution < -0.4 is 10.2 Å². The lowest BCUT2D eigenvalue weighted by atomic mass is 10.0. The second-order valence-corrected chi connectivity index (χ2v) is 4.12. The van der Waals surface area contributed by atoms with Gasteiger partial charge in [0.1, 0.15) is 0 Å². The summed E-state index contributed by atoms with van der Waals surface area (Å²) in [7, 11) is 0. The molecule has 1 aromatic rings. The molecule has 1 aliphatic rings. The molecule has 0 atom stereocenters. The van der Waals surface area contributed by atoms with Gasteiger partial charge in [0.15, 0.2) is 0 Å². The minimum Gasteiger partial charge on any atom is -0.294 e. The Bertz CT molecular complexity index is 540. The fraction of sp³-hybridized carbons (Fsp3) is 0.333. The molecule has 0 saturated heterocycles. The van der Waals surface area contributed by atoms with Crippen molar-refractivity contribution >= 4 is 17.6 Å². The first kappa shape index (κ1) is 13.4. The van der Waals surface area contributed by atoms with Crippen LogP contribution in [0.15, 0.2) is 18.2 Å². The van der Waals surface area contributed by atoms with E-state index < -0.39 is 23.7 Å². The normalized spacial score (nSPS) is 15.9. The van der Waals surface area contributed by atoms with Crippen LogP contribution in [-0.4, -0.2) is 18.5 Å². The molecule has 4 nitrogen and oxygen atoms in total. The summed E-state index contributed by atoms with van der Waals surface area (Å²) in [6, 6.07) is 2.42. The number of benzene rings is 1. The van der Waals surface area contributed by atoms with Gasteiger partial charge in [-0.25, -0.2) is 4.79 Å². The van der Waals surface area contributed by atoms with E-state index in [1.165, 1.54) is 11.0 Å². The van der Waals surface area contributed by atoms with Gasteiger partial charge in [0.25, 0.3) is 0 Å². The zero-order valence-corrected chi connectivity index (χ0v) is 10.0. The van der Waals surface area contributed by atoms with Gasteiger partial charge in [0.2, 0.25) is 5.91 Å². The lowest BCUT2D eigenvalue weighted by molar-refractivity contribution is -0.137. The third-order valence-electron chi connectivity index (χ3n) is 2.86. The number of rotatable bonds is 1. The number of carbonyl (C=O) groups excluding carboxylic acids is 2. The molecule has 1 N–H and O–H groups in total. The molecule has 0 radical (unpaired) electrons. The third kappa shape index (κ3) is 2.54. The summed E-state index contributed by atoms with van der Waals surface area (Å²) in [5.74, 6) is -0.610. The molecule has 0 aromatic heterocycles. The second-order valence-electron chi connectivity index (χ2n) is 4.12. The van der Waals surface area contributed by atoms with Gasteiger partial charge in [-0.15, -0.1) is 0 Å². The van der Waals surface area contributed by atoms with Crippen molar-refractivity contribution in [3.8, 4) is 0 Å². The zero-order valence-electron chi connectivity index (χ0n) is 10.0. The Balaban J connectivity index is 2.54. The first-order chi connectivity index (χ1) is 8.82. The van der Waals surface area contributed by atoms with E-state index in [-0.39, 0.29) is 18.5 Å². The molecule has 0 spiro atoms. The van der Waals surface area contributed by atoms with Crippen molar-refractivity contribution in [2.24, 2.45) is 0 Å². The Hall–Kier alpha value is -2.05. The van der Waals surface area contributed by atoms with Crippen molar-refractivity contribution in [3.63, 3.8) is 0 Å². The molecule has 1 aliphatic heterocycles. The van der Waals surface area contributed by atoms with Gasteiger partial charge in [-0.3, -0.25) is 15.0 Å². The number of nitrogens with zero attached hydrogens (tertiary/aromatic N) is 1. The van der Waals surface area contributed by atoms with Gasteiger partial charge in [-0.05, 0) is 30.7 Å². The van der Waals surface area contributed by atoms with Gasteiger partial charge < -0.3 is 0 Å². The standard InChI is InChI=1S/C12H11F3N2O2/c1-2-17-9-4-3-8(12(13,14)15)5-7(9)6-10(18)16-11(17)19/h3-5H,2,6H2,1H3,(H,16,18,19). The Morgan fingerprint density at radius 1 is 1.32 bits per heavy atom. The highest BCUT2D eigenvalue weighted by Gasteiger charge is 2.33. The molecule has 3 amide bonds. The van der Waals surface area contributed by atoms with Gasteiger partial charge >= 0.3 is 12.2 Å². The molecule has 0 aliphatic carbocycles. The van der Waals surface area contributed by atoms with Crippen molar-refractivity contribution in [1.82, 2.24) is 5.32 Å². The summed E-state index contributed by atoms with van der Waals surface area (Å²) < 4.78 is 37.9. The third-order valence-corrected chi connectivity index (χ3v) is 2.86. The smallest absolute Gasteiger partial charge is 0.294 e. The molecule has 0 unspecified atom stereocenters. The topological polar surface area (TPSA) is 49.4 Å². The van der Waals surface area contributed by atoms with E-state index in [4.69, 9.17) is 0 Å². The summed E-state index contributed by atoms with van der Waals surface area (Å²) >= 11 is 0. The zero-order chi connectivity index (χ0) is 14.2. The van der Waals surface area contributed by atoms with Crippen molar-refractivity contribution < 1.29 is 22.8 Å². The molecule has 1 aromatic carbocycles. The minimum absolute atomic E-state index is 0.194. The monoisotopic (exact) mass is 272 g/mol. The number of carbonyl (C=O) groups is 2. The molecule has 19 heavy (non-hydrogen) atoms. The fourth-order valence-corrected chi connectivity index (χ4v) is 1.99. The van der Waals surface area contributed by atoms with Gasteiger partial charge in [0.05, 0.1) is 12.0 Å².